The summed E-state index contributed by atoms with van der Waals surface area (Å²) in [5.74, 6) is 7.22. The number of aromatic nitrogens is 2. The Labute approximate surface area is 127 Å². The Morgan fingerprint density at radius 2 is 1.95 bits per heavy atom. The summed E-state index contributed by atoms with van der Waals surface area (Å²) in [6.07, 6.45) is 7.88. The van der Waals surface area contributed by atoms with Gasteiger partial charge >= 0.3 is 0 Å². The summed E-state index contributed by atoms with van der Waals surface area (Å²) in [7, 11) is 5.85. The molecule has 0 amide bonds. The van der Waals surface area contributed by atoms with E-state index in [1.807, 2.05) is 0 Å². The first kappa shape index (κ1) is 16.1. The van der Waals surface area contributed by atoms with Crippen molar-refractivity contribution in [2.45, 2.75) is 44.2 Å². The van der Waals surface area contributed by atoms with Gasteiger partial charge in [0.1, 0.15) is 5.69 Å². The highest BCUT2D eigenvalue weighted by Crippen LogP contribution is 2.44. The summed E-state index contributed by atoms with van der Waals surface area (Å²) in [6.45, 7) is 2.31. The van der Waals surface area contributed by atoms with Crippen LogP contribution in [0.3, 0.4) is 0 Å². The van der Waals surface area contributed by atoms with Crippen molar-refractivity contribution in [2.24, 2.45) is 11.8 Å². The zero-order valence-electron chi connectivity index (χ0n) is 13.5. The maximum atomic E-state index is 5.92. The van der Waals surface area contributed by atoms with Gasteiger partial charge in [-0.25, -0.2) is 10.4 Å². The predicted molar refractivity (Wildman–Crippen MR) is 82.7 cm³/mol. The Morgan fingerprint density at radius 3 is 2.48 bits per heavy atom. The van der Waals surface area contributed by atoms with Crippen LogP contribution in [0.2, 0.25) is 0 Å². The molecule has 3 N–H and O–H groups in total. The van der Waals surface area contributed by atoms with Crippen molar-refractivity contribution in [1.82, 2.24) is 20.3 Å². The Hall–Kier alpha value is -1.24. The molecule has 0 saturated heterocycles. The molecule has 21 heavy (non-hydrogen) atoms. The average molecular weight is 293 g/mol. The molecule has 1 aromatic rings. The normalized spacial score (nSPS) is 27.6. The fourth-order valence-electron chi connectivity index (χ4n) is 3.44. The van der Waals surface area contributed by atoms with E-state index < -0.39 is 0 Å². The number of likely N-dealkylation sites (N-methyl/N-ethyl adjacent to an activating group) is 1. The van der Waals surface area contributed by atoms with Gasteiger partial charge in [-0.15, -0.1) is 0 Å². The quantitative estimate of drug-likeness (QED) is 0.633. The van der Waals surface area contributed by atoms with E-state index >= 15 is 0 Å². The van der Waals surface area contributed by atoms with Gasteiger partial charge in [0.2, 0.25) is 5.88 Å². The molecule has 1 heterocycles. The highest BCUT2D eigenvalue weighted by atomic mass is 16.5. The van der Waals surface area contributed by atoms with E-state index in [0.717, 1.165) is 24.5 Å². The largest absolute Gasteiger partial charge is 0.480 e. The molecule has 0 bridgehead atoms. The molecule has 1 aliphatic carbocycles. The second-order valence-electron chi connectivity index (χ2n) is 6.23. The van der Waals surface area contributed by atoms with Gasteiger partial charge in [-0.05, 0) is 45.7 Å². The van der Waals surface area contributed by atoms with Gasteiger partial charge < -0.3 is 9.64 Å². The second-order valence-corrected chi connectivity index (χ2v) is 6.23. The standard InChI is InChI=1S/C15H27N5O/c1-11-5-7-15(8-6-11,20(2)3)13(19-16)12-14(21-4)18-10-9-17-12/h9-11,13,19H,5-8,16H2,1-4H3. The Kier molecular flexibility index (Phi) is 5.13. The molecule has 118 valence electrons. The van der Waals surface area contributed by atoms with Crippen LogP contribution in [0.15, 0.2) is 12.4 Å². The van der Waals surface area contributed by atoms with E-state index in [1.165, 1.54) is 12.8 Å². The summed E-state index contributed by atoms with van der Waals surface area (Å²) in [5.41, 5.74) is 3.69. The Morgan fingerprint density at radius 1 is 1.33 bits per heavy atom. The van der Waals surface area contributed by atoms with Crippen LogP contribution in [0, 0.1) is 5.92 Å². The lowest BCUT2D eigenvalue weighted by atomic mass is 9.71. The molecule has 6 nitrogen and oxygen atoms in total. The van der Waals surface area contributed by atoms with Gasteiger partial charge in [0.15, 0.2) is 0 Å². The van der Waals surface area contributed by atoms with Crippen molar-refractivity contribution in [3.05, 3.63) is 18.1 Å². The van der Waals surface area contributed by atoms with E-state index in [9.17, 15) is 0 Å². The van der Waals surface area contributed by atoms with Crippen LogP contribution in [0.25, 0.3) is 0 Å². The van der Waals surface area contributed by atoms with Crippen molar-refractivity contribution in [3.63, 3.8) is 0 Å². The Balaban J connectivity index is 2.41. The van der Waals surface area contributed by atoms with Gasteiger partial charge in [-0.3, -0.25) is 10.8 Å². The molecule has 1 fully saturated rings. The van der Waals surface area contributed by atoms with E-state index in [-0.39, 0.29) is 11.6 Å². The molecule has 0 spiro atoms. The SMILES string of the molecule is COc1nccnc1C(NN)C1(N(C)C)CCC(C)CC1. The predicted octanol–water partition coefficient (Wildman–Crippen LogP) is 1.50. The lowest BCUT2D eigenvalue weighted by Gasteiger charge is -2.49. The number of rotatable bonds is 5. The van der Waals surface area contributed by atoms with Crippen LogP contribution in [-0.2, 0) is 0 Å². The van der Waals surface area contributed by atoms with Crippen LogP contribution in [0.1, 0.15) is 44.3 Å². The van der Waals surface area contributed by atoms with Crippen molar-refractivity contribution in [1.29, 1.82) is 0 Å². The summed E-state index contributed by atoms with van der Waals surface area (Å²) in [4.78, 5) is 11.0. The minimum absolute atomic E-state index is 0.0649. The summed E-state index contributed by atoms with van der Waals surface area (Å²) >= 11 is 0. The number of ether oxygens (including phenoxy) is 1. The van der Waals surface area contributed by atoms with Crippen LogP contribution < -0.4 is 16.0 Å². The molecule has 1 unspecified atom stereocenters. The molecule has 0 aliphatic heterocycles. The number of methoxy groups -OCH3 is 1. The number of nitrogens with zero attached hydrogens (tertiary/aromatic N) is 3. The third-order valence-corrected chi connectivity index (χ3v) is 4.89. The monoisotopic (exact) mass is 293 g/mol. The van der Waals surface area contributed by atoms with Gasteiger partial charge in [-0.2, -0.15) is 0 Å². The topological polar surface area (TPSA) is 76.3 Å². The van der Waals surface area contributed by atoms with Crippen LogP contribution >= 0.6 is 0 Å². The van der Waals surface area contributed by atoms with Crippen molar-refractivity contribution < 1.29 is 4.74 Å². The molecular weight excluding hydrogens is 266 g/mol. The number of hydrogen-bond acceptors (Lipinski definition) is 6. The highest BCUT2D eigenvalue weighted by Gasteiger charge is 2.45. The molecule has 0 radical (unpaired) electrons. The van der Waals surface area contributed by atoms with E-state index in [2.05, 4.69) is 41.3 Å². The average Bonchev–Trinajstić information content (AvgIpc) is 2.50. The number of hydrogen-bond donors (Lipinski definition) is 2. The van der Waals surface area contributed by atoms with Crippen molar-refractivity contribution in [2.75, 3.05) is 21.2 Å². The fraction of sp³-hybridized carbons (Fsp3) is 0.733. The van der Waals surface area contributed by atoms with E-state index in [0.29, 0.717) is 5.88 Å². The molecule has 1 aromatic heterocycles. The molecule has 1 aliphatic rings. The van der Waals surface area contributed by atoms with Gasteiger partial charge in [0.05, 0.1) is 13.2 Å². The maximum absolute atomic E-state index is 5.92. The number of nitrogens with one attached hydrogen (secondary N) is 1. The first-order chi connectivity index (χ1) is 10.0. The van der Waals surface area contributed by atoms with Crippen LogP contribution in [0.4, 0.5) is 0 Å². The summed E-state index contributed by atoms with van der Waals surface area (Å²) in [6, 6.07) is -0.108. The summed E-state index contributed by atoms with van der Waals surface area (Å²) < 4.78 is 5.38. The lowest BCUT2D eigenvalue weighted by molar-refractivity contribution is 0.0402. The Bertz CT molecular complexity index is 457. The van der Waals surface area contributed by atoms with Crippen molar-refractivity contribution in [3.8, 4) is 5.88 Å². The van der Waals surface area contributed by atoms with E-state index in [1.54, 1.807) is 19.5 Å². The van der Waals surface area contributed by atoms with Gasteiger partial charge in [0.25, 0.3) is 0 Å². The zero-order valence-corrected chi connectivity index (χ0v) is 13.5. The third-order valence-electron chi connectivity index (χ3n) is 4.89. The molecule has 6 heteroatoms. The molecule has 0 aromatic carbocycles. The van der Waals surface area contributed by atoms with Crippen LogP contribution in [-0.4, -0.2) is 41.6 Å². The maximum Gasteiger partial charge on any atom is 0.237 e. The second kappa shape index (κ2) is 6.68. The molecule has 1 saturated carbocycles. The lowest BCUT2D eigenvalue weighted by Crippen LogP contribution is -2.57. The molecule has 2 rings (SSSR count). The van der Waals surface area contributed by atoms with Crippen LogP contribution in [0.5, 0.6) is 5.88 Å². The third kappa shape index (κ3) is 3.02. The number of hydrazine groups is 1. The first-order valence-corrected chi connectivity index (χ1v) is 7.53. The number of nitrogens with two attached hydrogens (primary N) is 1. The molecule has 1 atom stereocenters. The zero-order chi connectivity index (χ0) is 15.5. The first-order valence-electron chi connectivity index (χ1n) is 7.53. The highest BCUT2D eigenvalue weighted by molar-refractivity contribution is 5.25. The van der Waals surface area contributed by atoms with E-state index in [4.69, 9.17) is 10.6 Å². The van der Waals surface area contributed by atoms with Gasteiger partial charge in [0, 0.05) is 17.9 Å². The smallest absolute Gasteiger partial charge is 0.237 e. The minimum atomic E-state index is -0.108. The van der Waals surface area contributed by atoms with Gasteiger partial charge in [-0.1, -0.05) is 6.92 Å². The fourth-order valence-corrected chi connectivity index (χ4v) is 3.44. The summed E-state index contributed by atoms with van der Waals surface area (Å²) in [5, 5.41) is 0. The minimum Gasteiger partial charge on any atom is -0.480 e. The molecular formula is C15H27N5O. The van der Waals surface area contributed by atoms with Crippen molar-refractivity contribution >= 4 is 0 Å².